The van der Waals surface area contributed by atoms with Crippen LogP contribution in [-0.4, -0.2) is 19.8 Å². The number of nitrogens with zero attached hydrogens (tertiary/aromatic N) is 1. The summed E-state index contributed by atoms with van der Waals surface area (Å²) in [7, 11) is 1.37. The molecule has 1 aromatic rings. The first-order valence-corrected chi connectivity index (χ1v) is 4.43. The number of alkyl halides is 3. The van der Waals surface area contributed by atoms with Gasteiger partial charge in [0.15, 0.2) is 0 Å². The largest absolute Gasteiger partial charge is 0.405 e. The molecule has 0 atom stereocenters. The van der Waals surface area contributed by atoms with E-state index < -0.39 is 12.7 Å². The van der Waals surface area contributed by atoms with Crippen molar-refractivity contribution in [1.82, 2.24) is 0 Å². The molecule has 0 bridgehead atoms. The Labute approximate surface area is 86.5 Å². The van der Waals surface area contributed by atoms with Gasteiger partial charge in [-0.3, -0.25) is 0 Å². The van der Waals surface area contributed by atoms with Crippen LogP contribution < -0.4 is 10.6 Å². The van der Waals surface area contributed by atoms with Gasteiger partial charge in [0.2, 0.25) is 0 Å². The first-order valence-electron chi connectivity index (χ1n) is 4.43. The molecule has 0 aliphatic carbocycles. The van der Waals surface area contributed by atoms with Crippen LogP contribution in [0.15, 0.2) is 18.2 Å². The zero-order chi connectivity index (χ0) is 11.6. The molecule has 0 spiro atoms. The fourth-order valence-electron chi connectivity index (χ4n) is 1.34. The van der Waals surface area contributed by atoms with E-state index in [1.54, 1.807) is 18.2 Å². The molecule has 0 aliphatic rings. The maximum atomic E-state index is 12.1. The third kappa shape index (κ3) is 3.34. The second-order valence-corrected chi connectivity index (χ2v) is 3.53. The van der Waals surface area contributed by atoms with Gasteiger partial charge in [0.05, 0.1) is 11.4 Å². The van der Waals surface area contributed by atoms with Crippen molar-refractivity contribution in [1.29, 1.82) is 0 Å². The summed E-state index contributed by atoms with van der Waals surface area (Å²) < 4.78 is 36.4. The van der Waals surface area contributed by atoms with Crippen LogP contribution in [0.2, 0.25) is 0 Å². The number of hydrogen-bond donors (Lipinski definition) is 1. The molecule has 1 rings (SSSR count). The van der Waals surface area contributed by atoms with Crippen molar-refractivity contribution in [2.24, 2.45) is 0 Å². The smallest absolute Gasteiger partial charge is 0.397 e. The lowest BCUT2D eigenvalue weighted by atomic mass is 10.2. The highest BCUT2D eigenvalue weighted by Gasteiger charge is 2.29. The molecule has 2 N–H and O–H groups in total. The molecule has 0 saturated heterocycles. The molecular weight excluding hydrogens is 205 g/mol. The number of benzene rings is 1. The van der Waals surface area contributed by atoms with E-state index in [0.717, 1.165) is 10.5 Å². The van der Waals surface area contributed by atoms with Gasteiger partial charge in [-0.25, -0.2) is 0 Å². The summed E-state index contributed by atoms with van der Waals surface area (Å²) in [5, 5.41) is 0. The Morgan fingerprint density at radius 2 is 1.93 bits per heavy atom. The number of anilines is 2. The van der Waals surface area contributed by atoms with Crippen LogP contribution in [0.3, 0.4) is 0 Å². The molecule has 0 saturated carbocycles. The van der Waals surface area contributed by atoms with Crippen molar-refractivity contribution in [3.8, 4) is 0 Å². The molecule has 0 aliphatic heterocycles. The summed E-state index contributed by atoms with van der Waals surface area (Å²) in [5.41, 5.74) is 7.25. The van der Waals surface area contributed by atoms with E-state index in [4.69, 9.17) is 5.73 Å². The Morgan fingerprint density at radius 1 is 1.33 bits per heavy atom. The van der Waals surface area contributed by atoms with E-state index in [2.05, 4.69) is 0 Å². The lowest BCUT2D eigenvalue weighted by Gasteiger charge is -2.22. The number of nitrogen functional groups attached to an aromatic ring is 1. The zero-order valence-electron chi connectivity index (χ0n) is 8.60. The van der Waals surface area contributed by atoms with Crippen LogP contribution in [0.1, 0.15) is 5.56 Å². The highest BCUT2D eigenvalue weighted by atomic mass is 19.4. The van der Waals surface area contributed by atoms with Gasteiger partial charge < -0.3 is 10.6 Å². The summed E-state index contributed by atoms with van der Waals surface area (Å²) in [4.78, 5) is 1.10. The highest BCUT2D eigenvalue weighted by molar-refractivity contribution is 5.68. The van der Waals surface area contributed by atoms with Gasteiger partial charge in [-0.15, -0.1) is 0 Å². The Balaban J connectivity index is 2.90. The molecule has 0 radical (unpaired) electrons. The van der Waals surface area contributed by atoms with Crippen molar-refractivity contribution < 1.29 is 13.2 Å². The Kier molecular flexibility index (Phi) is 3.12. The molecule has 0 amide bonds. The minimum absolute atomic E-state index is 0.354. The Morgan fingerprint density at radius 3 is 2.47 bits per heavy atom. The van der Waals surface area contributed by atoms with Crippen LogP contribution in [-0.2, 0) is 0 Å². The van der Waals surface area contributed by atoms with Gasteiger partial charge in [-0.05, 0) is 24.6 Å². The Bertz CT molecular complexity index is 347. The monoisotopic (exact) mass is 218 g/mol. The number of hydrogen-bond acceptors (Lipinski definition) is 2. The topological polar surface area (TPSA) is 29.3 Å². The normalized spacial score (nSPS) is 11.5. The molecule has 0 fully saturated rings. The molecule has 1 aromatic carbocycles. The van der Waals surface area contributed by atoms with E-state index in [0.29, 0.717) is 11.4 Å². The average molecular weight is 218 g/mol. The number of halogens is 3. The number of nitrogens with two attached hydrogens (primary N) is 1. The SMILES string of the molecule is Cc1ccc(N)c(N(C)CC(F)(F)F)c1. The average Bonchev–Trinajstić information content (AvgIpc) is 2.06. The fourth-order valence-corrected chi connectivity index (χ4v) is 1.34. The van der Waals surface area contributed by atoms with Crippen molar-refractivity contribution in [3.05, 3.63) is 23.8 Å². The Hall–Kier alpha value is -1.39. The van der Waals surface area contributed by atoms with Crippen molar-refractivity contribution in [2.75, 3.05) is 24.2 Å². The molecule has 0 heterocycles. The van der Waals surface area contributed by atoms with Crippen LogP contribution in [0.5, 0.6) is 0 Å². The van der Waals surface area contributed by atoms with Gasteiger partial charge in [0.25, 0.3) is 0 Å². The van der Waals surface area contributed by atoms with Crippen LogP contribution in [0.4, 0.5) is 24.5 Å². The quantitative estimate of drug-likeness (QED) is 0.773. The summed E-state index contributed by atoms with van der Waals surface area (Å²) in [5.74, 6) is 0. The van der Waals surface area contributed by atoms with E-state index in [1.807, 2.05) is 6.92 Å². The molecule has 84 valence electrons. The highest BCUT2D eigenvalue weighted by Crippen LogP contribution is 2.26. The minimum atomic E-state index is -4.22. The van der Waals surface area contributed by atoms with E-state index in [1.165, 1.54) is 7.05 Å². The van der Waals surface area contributed by atoms with E-state index in [-0.39, 0.29) is 0 Å². The zero-order valence-corrected chi connectivity index (χ0v) is 8.60. The van der Waals surface area contributed by atoms with Gasteiger partial charge in [-0.1, -0.05) is 6.07 Å². The van der Waals surface area contributed by atoms with Crippen LogP contribution in [0, 0.1) is 6.92 Å². The standard InChI is InChI=1S/C10H13F3N2/c1-7-3-4-8(14)9(5-7)15(2)6-10(11,12)13/h3-5H,6,14H2,1-2H3. The van der Waals surface area contributed by atoms with Gasteiger partial charge >= 0.3 is 6.18 Å². The molecule has 2 nitrogen and oxygen atoms in total. The number of aryl methyl sites for hydroxylation is 1. The van der Waals surface area contributed by atoms with Gasteiger partial charge in [0, 0.05) is 7.05 Å². The third-order valence-electron chi connectivity index (χ3n) is 2.01. The minimum Gasteiger partial charge on any atom is -0.397 e. The molecular formula is C10H13F3N2. The maximum Gasteiger partial charge on any atom is 0.405 e. The lowest BCUT2D eigenvalue weighted by Crippen LogP contribution is -2.31. The molecule has 0 aromatic heterocycles. The summed E-state index contributed by atoms with van der Waals surface area (Å²) in [6, 6.07) is 5.01. The summed E-state index contributed by atoms with van der Waals surface area (Å²) >= 11 is 0. The first kappa shape index (κ1) is 11.7. The van der Waals surface area contributed by atoms with Gasteiger partial charge in [-0.2, -0.15) is 13.2 Å². The van der Waals surface area contributed by atoms with Crippen molar-refractivity contribution in [3.63, 3.8) is 0 Å². The molecule has 15 heavy (non-hydrogen) atoms. The molecule has 0 unspecified atom stereocenters. The second-order valence-electron chi connectivity index (χ2n) is 3.53. The predicted octanol–water partition coefficient (Wildman–Crippen LogP) is 2.58. The lowest BCUT2D eigenvalue weighted by molar-refractivity contribution is -0.119. The summed E-state index contributed by atoms with van der Waals surface area (Å²) in [6.45, 7) is 0.811. The first-order chi connectivity index (χ1) is 6.79. The van der Waals surface area contributed by atoms with Crippen LogP contribution in [0.25, 0.3) is 0 Å². The number of rotatable bonds is 2. The van der Waals surface area contributed by atoms with Crippen molar-refractivity contribution in [2.45, 2.75) is 13.1 Å². The van der Waals surface area contributed by atoms with E-state index in [9.17, 15) is 13.2 Å². The van der Waals surface area contributed by atoms with Gasteiger partial charge in [0.1, 0.15) is 6.54 Å². The predicted molar refractivity (Wildman–Crippen MR) is 54.9 cm³/mol. The molecule has 5 heteroatoms. The fraction of sp³-hybridized carbons (Fsp3) is 0.400. The summed E-state index contributed by atoms with van der Waals surface area (Å²) in [6.07, 6.45) is -4.22. The second kappa shape index (κ2) is 4.00. The van der Waals surface area contributed by atoms with E-state index >= 15 is 0 Å². The third-order valence-corrected chi connectivity index (χ3v) is 2.01. The van der Waals surface area contributed by atoms with Crippen LogP contribution >= 0.6 is 0 Å². The maximum absolute atomic E-state index is 12.1. The van der Waals surface area contributed by atoms with Crippen molar-refractivity contribution >= 4 is 11.4 Å².